The number of nitrogens with one attached hydrogen (secondary N) is 1. The van der Waals surface area contributed by atoms with Crippen LogP contribution in [0.3, 0.4) is 0 Å². The fourth-order valence-electron chi connectivity index (χ4n) is 10.6. The average Bonchev–Trinajstić information content (AvgIpc) is 3.13. The minimum Gasteiger partial charge on any atom is -0.459 e. The minimum atomic E-state index is -2.39. The second-order valence-corrected chi connectivity index (χ2v) is 20.7. The lowest BCUT2D eigenvalue weighted by Crippen LogP contribution is -2.82. The summed E-state index contributed by atoms with van der Waals surface area (Å²) in [7, 11) is 1.09. The van der Waals surface area contributed by atoms with Gasteiger partial charge in [0.15, 0.2) is 23.6 Å². The van der Waals surface area contributed by atoms with Crippen LogP contribution in [0, 0.1) is 28.1 Å². The number of hydrogen-bond donors (Lipinski definition) is 4. The summed E-state index contributed by atoms with van der Waals surface area (Å²) in [6.45, 7) is 18.3. The zero-order valence-corrected chi connectivity index (χ0v) is 37.9. The van der Waals surface area contributed by atoms with Crippen molar-refractivity contribution >= 4 is 35.9 Å². The number of amides is 1. The standard InChI is InChI=1S/C44H67NO16/c1-22-27-29(57-23(2)46)32(49)42(12)25(47)19-26-43(21-56-26,61-37(53)55-13)30(42)33(58-34(50)24-17-15-14-16-18-24)44(54,40(27,9)10)20-41(22,11)59-35(51)28(48)31(38(3,4)5)45-36(52)60-39(6,7)8/h24-26,28-31,33,47-48,54H,14-21H2,1-13H3,(H,45,52)/t25-,26+,28+,29+,30?,31+,33-,41-,42+,43-,44+/m0/s1. The van der Waals surface area contributed by atoms with Crippen molar-refractivity contribution in [1.29, 1.82) is 0 Å². The maximum Gasteiger partial charge on any atom is 0.508 e. The zero-order valence-electron chi connectivity index (χ0n) is 37.9. The number of fused-ring (bicyclic) bond motifs is 5. The number of esters is 3. The highest BCUT2D eigenvalue weighted by Crippen LogP contribution is 2.65. The van der Waals surface area contributed by atoms with Crippen molar-refractivity contribution in [3.8, 4) is 0 Å². The molecule has 1 unspecified atom stereocenters. The molecule has 5 aliphatic rings. The molecule has 4 N–H and O–H groups in total. The molecule has 11 atom stereocenters. The predicted molar refractivity (Wildman–Crippen MR) is 214 cm³/mol. The van der Waals surface area contributed by atoms with E-state index in [1.807, 2.05) is 0 Å². The molecule has 0 aromatic rings. The Hall–Kier alpha value is -3.80. The molecule has 1 heterocycles. The second-order valence-electron chi connectivity index (χ2n) is 20.7. The lowest BCUT2D eigenvalue weighted by atomic mass is 9.44. The fraction of sp³-hybridized carbons (Fsp3) is 0.818. The largest absolute Gasteiger partial charge is 0.508 e. The Labute approximate surface area is 357 Å². The molecule has 0 radical (unpaired) electrons. The van der Waals surface area contributed by atoms with Gasteiger partial charge in [-0.1, -0.05) is 53.9 Å². The number of aliphatic hydroxyl groups excluding tert-OH is 2. The smallest absolute Gasteiger partial charge is 0.459 e. The SMILES string of the molecule is COC(=O)O[C@@]12CO[C@@H]1C[C@H](O)[C@@]1(C)C(=O)[C@H](OC(C)=O)C3=C(C)[C@@](C)(OC(=O)[C@H](O)[C@@H](NC(=O)OC(C)(C)C)C(C)(C)C)C[C@@](O)([C@@H](OC(=O)C4CCCCC4)C12)C3(C)C. The van der Waals surface area contributed by atoms with Crippen molar-refractivity contribution in [2.45, 2.75) is 187 Å². The summed E-state index contributed by atoms with van der Waals surface area (Å²) in [4.78, 5) is 83.6. The molecule has 3 saturated carbocycles. The third-order valence-corrected chi connectivity index (χ3v) is 14.1. The van der Waals surface area contributed by atoms with Crippen LogP contribution >= 0.6 is 0 Å². The van der Waals surface area contributed by atoms with Crippen molar-refractivity contribution < 1.29 is 77.2 Å². The summed E-state index contributed by atoms with van der Waals surface area (Å²) >= 11 is 0. The van der Waals surface area contributed by atoms with E-state index in [1.54, 1.807) is 62.3 Å². The van der Waals surface area contributed by atoms with Crippen LogP contribution in [0.2, 0.25) is 0 Å². The van der Waals surface area contributed by atoms with Crippen LogP contribution in [0.4, 0.5) is 9.59 Å². The molecule has 17 nitrogen and oxygen atoms in total. The van der Waals surface area contributed by atoms with E-state index in [1.165, 1.54) is 13.8 Å². The number of aliphatic hydroxyl groups is 3. The van der Waals surface area contributed by atoms with Gasteiger partial charge in [-0.05, 0) is 70.9 Å². The quantitative estimate of drug-likeness (QED) is 0.150. The molecule has 4 aliphatic carbocycles. The Kier molecular flexibility index (Phi) is 13.0. The van der Waals surface area contributed by atoms with Crippen LogP contribution in [-0.2, 0) is 52.3 Å². The Balaban J connectivity index is 1.76. The highest BCUT2D eigenvalue weighted by atomic mass is 16.8. The number of methoxy groups -OCH3 is 1. The van der Waals surface area contributed by atoms with Gasteiger partial charge in [0.05, 0.1) is 43.1 Å². The second kappa shape index (κ2) is 16.4. The Morgan fingerprint density at radius 2 is 1.54 bits per heavy atom. The average molecular weight is 866 g/mol. The van der Waals surface area contributed by atoms with Crippen molar-refractivity contribution in [2.24, 2.45) is 28.1 Å². The monoisotopic (exact) mass is 865 g/mol. The number of ketones is 1. The normalized spacial score (nSPS) is 35.9. The molecule has 0 aromatic carbocycles. The first-order valence-electron chi connectivity index (χ1n) is 21.2. The predicted octanol–water partition coefficient (Wildman–Crippen LogP) is 4.38. The van der Waals surface area contributed by atoms with Crippen LogP contribution in [0.15, 0.2) is 11.1 Å². The molecule has 1 aliphatic heterocycles. The lowest BCUT2D eigenvalue weighted by Gasteiger charge is -2.68. The van der Waals surface area contributed by atoms with E-state index in [-0.39, 0.29) is 24.2 Å². The number of Topliss-reactive ketones (excluding diaryl/α,β-unsaturated/α-hetero) is 1. The van der Waals surface area contributed by atoms with Gasteiger partial charge in [0.2, 0.25) is 0 Å². The van der Waals surface area contributed by atoms with Gasteiger partial charge in [0.25, 0.3) is 0 Å². The molecule has 0 aromatic heterocycles. The Morgan fingerprint density at radius 3 is 2.05 bits per heavy atom. The maximum atomic E-state index is 15.6. The van der Waals surface area contributed by atoms with Gasteiger partial charge in [-0.15, -0.1) is 0 Å². The first-order valence-corrected chi connectivity index (χ1v) is 21.2. The number of hydrogen-bond acceptors (Lipinski definition) is 16. The summed E-state index contributed by atoms with van der Waals surface area (Å²) in [5.41, 5.74) is -11.6. The summed E-state index contributed by atoms with van der Waals surface area (Å²) in [6.07, 6.45) is -7.73. The summed E-state index contributed by atoms with van der Waals surface area (Å²) in [6, 6.07) is -1.27. The van der Waals surface area contributed by atoms with E-state index in [2.05, 4.69) is 5.32 Å². The fourth-order valence-corrected chi connectivity index (χ4v) is 10.6. The number of ether oxygens (including phenoxy) is 7. The van der Waals surface area contributed by atoms with E-state index < -0.39 is 129 Å². The minimum absolute atomic E-state index is 0.00556. The molecular formula is C44H67NO16. The zero-order chi connectivity index (χ0) is 46.1. The number of carbonyl (C=O) groups excluding carboxylic acids is 6. The van der Waals surface area contributed by atoms with Gasteiger partial charge >= 0.3 is 30.2 Å². The molecule has 4 fully saturated rings. The van der Waals surface area contributed by atoms with Crippen LogP contribution in [-0.4, -0.2) is 124 Å². The topological polar surface area (TPSA) is 240 Å². The number of rotatable bonds is 8. The van der Waals surface area contributed by atoms with Crippen LogP contribution < -0.4 is 5.32 Å². The molecule has 2 bridgehead atoms. The molecule has 344 valence electrons. The van der Waals surface area contributed by atoms with E-state index >= 15 is 4.79 Å². The van der Waals surface area contributed by atoms with Gasteiger partial charge in [-0.25, -0.2) is 14.4 Å². The third kappa shape index (κ3) is 8.40. The van der Waals surface area contributed by atoms with Crippen molar-refractivity contribution in [2.75, 3.05) is 13.7 Å². The molecule has 61 heavy (non-hydrogen) atoms. The van der Waals surface area contributed by atoms with E-state index in [0.29, 0.717) is 12.8 Å². The van der Waals surface area contributed by atoms with Crippen LogP contribution in [0.5, 0.6) is 0 Å². The van der Waals surface area contributed by atoms with Crippen molar-refractivity contribution in [3.05, 3.63) is 11.1 Å². The van der Waals surface area contributed by atoms with E-state index in [4.69, 9.17) is 33.2 Å². The molecule has 0 spiro atoms. The van der Waals surface area contributed by atoms with Gasteiger partial charge in [0.1, 0.15) is 29.0 Å². The maximum absolute atomic E-state index is 15.6. The Morgan fingerprint density at radius 1 is 0.934 bits per heavy atom. The van der Waals surface area contributed by atoms with Gasteiger partial charge in [-0.2, -0.15) is 0 Å². The molecule has 5 rings (SSSR count). The van der Waals surface area contributed by atoms with E-state index in [0.717, 1.165) is 33.3 Å². The van der Waals surface area contributed by atoms with Crippen LogP contribution in [0.25, 0.3) is 0 Å². The highest BCUT2D eigenvalue weighted by molar-refractivity contribution is 5.95. The van der Waals surface area contributed by atoms with E-state index in [9.17, 15) is 39.3 Å². The molecule has 17 heteroatoms. The summed E-state index contributed by atoms with van der Waals surface area (Å²) in [5.74, 6) is -5.82. The van der Waals surface area contributed by atoms with Gasteiger partial charge in [-0.3, -0.25) is 14.4 Å². The molecule has 1 saturated heterocycles. The Bertz CT molecular complexity index is 1810. The number of alkyl carbamates (subject to hydrolysis) is 1. The third-order valence-electron chi connectivity index (χ3n) is 14.1. The van der Waals surface area contributed by atoms with Crippen LogP contribution in [0.1, 0.15) is 128 Å². The first-order chi connectivity index (χ1) is 27.9. The van der Waals surface area contributed by atoms with Crippen molar-refractivity contribution in [3.63, 3.8) is 0 Å². The van der Waals surface area contributed by atoms with Crippen molar-refractivity contribution in [1.82, 2.24) is 5.32 Å². The number of carbonyl (C=O) groups is 6. The highest BCUT2D eigenvalue weighted by Gasteiger charge is 2.79. The molecular weight excluding hydrogens is 798 g/mol. The summed E-state index contributed by atoms with van der Waals surface area (Å²) in [5, 5.41) is 40.2. The van der Waals surface area contributed by atoms with Gasteiger partial charge in [0, 0.05) is 25.2 Å². The lowest BCUT2D eigenvalue weighted by molar-refractivity contribution is -0.347. The summed E-state index contributed by atoms with van der Waals surface area (Å²) < 4.78 is 41.0. The first kappa shape index (κ1) is 48.2. The van der Waals surface area contributed by atoms with Gasteiger partial charge < -0.3 is 53.8 Å². The molecule has 1 amide bonds.